The minimum absolute atomic E-state index is 0.232. The number of Topliss-reactive ketones (excluding diaryl/α,β-unsaturated/α-hetero) is 1. The Hall–Kier alpha value is -1.15. The fourth-order valence-corrected chi connectivity index (χ4v) is 2.35. The lowest BCUT2D eigenvalue weighted by atomic mass is 9.83. The molecule has 0 bridgehead atoms. The molecule has 1 N–H and O–H groups in total. The monoisotopic (exact) mass is 217 g/mol. The van der Waals surface area contributed by atoms with Crippen LogP contribution in [0.5, 0.6) is 0 Å². The van der Waals surface area contributed by atoms with Crippen LogP contribution in [0.4, 0.5) is 0 Å². The molecule has 1 heterocycles. The van der Waals surface area contributed by atoms with Gasteiger partial charge >= 0.3 is 0 Å². The van der Waals surface area contributed by atoms with Crippen LogP contribution < -0.4 is 5.32 Å². The maximum Gasteiger partial charge on any atom is 0.182 e. The van der Waals surface area contributed by atoms with E-state index in [1.165, 1.54) is 6.42 Å². The van der Waals surface area contributed by atoms with Gasteiger partial charge in [0.25, 0.3) is 0 Å². The van der Waals surface area contributed by atoms with Crippen molar-refractivity contribution >= 4 is 5.78 Å². The lowest BCUT2D eigenvalue weighted by Gasteiger charge is -2.33. The maximum atomic E-state index is 12.4. The van der Waals surface area contributed by atoms with Crippen LogP contribution in [0.25, 0.3) is 0 Å². The van der Waals surface area contributed by atoms with E-state index in [1.54, 1.807) is 0 Å². The quantitative estimate of drug-likeness (QED) is 0.772. The molecule has 0 aliphatic carbocycles. The Labute approximate surface area is 97.1 Å². The summed E-state index contributed by atoms with van der Waals surface area (Å²) in [5, 5.41) is 3.36. The standard InChI is InChI=1S/C14H19NO/c1-11-6-5-7-12(10-11)13(16)14(2)8-3-4-9-15-14/h5-7,10,15H,3-4,8-9H2,1-2H3. The van der Waals surface area contributed by atoms with Crippen LogP contribution in [0, 0.1) is 6.92 Å². The first-order valence-corrected chi connectivity index (χ1v) is 5.98. The van der Waals surface area contributed by atoms with Crippen molar-refractivity contribution in [2.45, 2.75) is 38.6 Å². The molecule has 1 fully saturated rings. The third-order valence-electron chi connectivity index (χ3n) is 3.40. The van der Waals surface area contributed by atoms with Crippen molar-refractivity contribution < 1.29 is 4.79 Å². The zero-order valence-corrected chi connectivity index (χ0v) is 10.0. The maximum absolute atomic E-state index is 12.4. The minimum Gasteiger partial charge on any atom is -0.305 e. The van der Waals surface area contributed by atoms with Crippen LogP contribution in [-0.4, -0.2) is 17.9 Å². The molecule has 1 aliphatic heterocycles. The lowest BCUT2D eigenvalue weighted by molar-refractivity contribution is 0.0834. The van der Waals surface area contributed by atoms with Gasteiger partial charge in [0.05, 0.1) is 5.54 Å². The van der Waals surface area contributed by atoms with E-state index < -0.39 is 0 Å². The Balaban J connectivity index is 2.24. The number of carbonyl (C=O) groups is 1. The third-order valence-corrected chi connectivity index (χ3v) is 3.40. The number of piperidine rings is 1. The van der Waals surface area contributed by atoms with Crippen LogP contribution in [0.3, 0.4) is 0 Å². The summed E-state index contributed by atoms with van der Waals surface area (Å²) in [7, 11) is 0. The second-order valence-electron chi connectivity index (χ2n) is 4.91. The fraction of sp³-hybridized carbons (Fsp3) is 0.500. The SMILES string of the molecule is Cc1cccc(C(=O)C2(C)CCCCN2)c1. The molecule has 0 amide bonds. The number of rotatable bonds is 2. The summed E-state index contributed by atoms with van der Waals surface area (Å²) in [5.41, 5.74) is 1.62. The molecular weight excluding hydrogens is 198 g/mol. The van der Waals surface area contributed by atoms with Crippen LogP contribution >= 0.6 is 0 Å². The van der Waals surface area contributed by atoms with E-state index in [0.717, 1.165) is 30.5 Å². The van der Waals surface area contributed by atoms with Gasteiger partial charge in [-0.05, 0) is 45.7 Å². The van der Waals surface area contributed by atoms with E-state index in [-0.39, 0.29) is 11.3 Å². The van der Waals surface area contributed by atoms with E-state index in [1.807, 2.05) is 38.1 Å². The van der Waals surface area contributed by atoms with E-state index in [4.69, 9.17) is 0 Å². The Bertz CT molecular complexity index is 391. The highest BCUT2D eigenvalue weighted by atomic mass is 16.1. The average Bonchev–Trinajstić information content (AvgIpc) is 2.29. The molecule has 2 heteroatoms. The molecule has 1 saturated heterocycles. The first kappa shape index (κ1) is 11.3. The highest BCUT2D eigenvalue weighted by molar-refractivity contribution is 6.03. The summed E-state index contributed by atoms with van der Waals surface area (Å²) >= 11 is 0. The number of hydrogen-bond donors (Lipinski definition) is 1. The third kappa shape index (κ3) is 2.17. The van der Waals surface area contributed by atoms with Crippen molar-refractivity contribution in [2.24, 2.45) is 0 Å². The van der Waals surface area contributed by atoms with E-state index in [0.29, 0.717) is 0 Å². The summed E-state index contributed by atoms with van der Waals surface area (Å²) in [6.07, 6.45) is 3.26. The molecule has 1 aromatic rings. The zero-order valence-electron chi connectivity index (χ0n) is 10.0. The van der Waals surface area contributed by atoms with E-state index in [2.05, 4.69) is 5.32 Å². The van der Waals surface area contributed by atoms with Gasteiger partial charge in [0.1, 0.15) is 0 Å². The zero-order chi connectivity index (χ0) is 11.6. The fourth-order valence-electron chi connectivity index (χ4n) is 2.35. The van der Waals surface area contributed by atoms with Crippen molar-refractivity contribution in [1.82, 2.24) is 5.32 Å². The molecule has 2 rings (SSSR count). The van der Waals surface area contributed by atoms with Crippen molar-refractivity contribution in [2.75, 3.05) is 6.54 Å². The van der Waals surface area contributed by atoms with Gasteiger partial charge in [-0.2, -0.15) is 0 Å². The Kier molecular flexibility index (Phi) is 3.10. The number of benzene rings is 1. The van der Waals surface area contributed by atoms with Gasteiger partial charge in [-0.15, -0.1) is 0 Å². The molecule has 1 aromatic carbocycles. The van der Waals surface area contributed by atoms with Gasteiger partial charge in [-0.1, -0.05) is 23.8 Å². The predicted molar refractivity (Wildman–Crippen MR) is 65.8 cm³/mol. The molecule has 1 aliphatic rings. The summed E-state index contributed by atoms with van der Waals surface area (Å²) in [6.45, 7) is 5.00. The van der Waals surface area contributed by atoms with Gasteiger partial charge in [-0.3, -0.25) is 4.79 Å². The topological polar surface area (TPSA) is 29.1 Å². The number of carbonyl (C=O) groups excluding carboxylic acids is 1. The summed E-state index contributed by atoms with van der Waals surface area (Å²) in [4.78, 5) is 12.4. The first-order chi connectivity index (χ1) is 7.62. The van der Waals surface area contributed by atoms with Crippen LogP contribution in [-0.2, 0) is 0 Å². The van der Waals surface area contributed by atoms with Crippen molar-refractivity contribution in [1.29, 1.82) is 0 Å². The largest absolute Gasteiger partial charge is 0.305 e. The predicted octanol–water partition coefficient (Wildman–Crippen LogP) is 2.71. The molecule has 1 unspecified atom stereocenters. The second-order valence-corrected chi connectivity index (χ2v) is 4.91. The summed E-state index contributed by atoms with van der Waals surface area (Å²) in [6, 6.07) is 7.86. The first-order valence-electron chi connectivity index (χ1n) is 5.98. The van der Waals surface area contributed by atoms with Crippen LogP contribution in [0.2, 0.25) is 0 Å². The Morgan fingerprint density at radius 1 is 1.38 bits per heavy atom. The summed E-state index contributed by atoms with van der Waals surface area (Å²) in [5.74, 6) is 0.232. The smallest absolute Gasteiger partial charge is 0.182 e. The van der Waals surface area contributed by atoms with Crippen LogP contribution in [0.1, 0.15) is 42.1 Å². The molecule has 0 radical (unpaired) electrons. The highest BCUT2D eigenvalue weighted by Gasteiger charge is 2.34. The molecule has 2 nitrogen and oxygen atoms in total. The minimum atomic E-state index is -0.355. The number of aryl methyl sites for hydroxylation is 1. The Morgan fingerprint density at radius 3 is 2.81 bits per heavy atom. The molecule has 0 saturated carbocycles. The molecular formula is C14H19NO. The molecule has 1 atom stereocenters. The van der Waals surface area contributed by atoms with Crippen molar-refractivity contribution in [3.8, 4) is 0 Å². The molecule has 0 aromatic heterocycles. The van der Waals surface area contributed by atoms with Gasteiger partial charge in [0.2, 0.25) is 0 Å². The summed E-state index contributed by atoms with van der Waals surface area (Å²) < 4.78 is 0. The molecule has 0 spiro atoms. The Morgan fingerprint density at radius 2 is 2.19 bits per heavy atom. The number of nitrogens with one attached hydrogen (secondary N) is 1. The van der Waals surface area contributed by atoms with Gasteiger partial charge in [-0.25, -0.2) is 0 Å². The lowest BCUT2D eigenvalue weighted by Crippen LogP contribution is -2.52. The number of hydrogen-bond acceptors (Lipinski definition) is 2. The highest BCUT2D eigenvalue weighted by Crippen LogP contribution is 2.23. The van der Waals surface area contributed by atoms with Crippen LogP contribution in [0.15, 0.2) is 24.3 Å². The van der Waals surface area contributed by atoms with E-state index in [9.17, 15) is 4.79 Å². The number of ketones is 1. The molecule has 86 valence electrons. The van der Waals surface area contributed by atoms with Gasteiger partial charge in [0, 0.05) is 5.56 Å². The second kappa shape index (κ2) is 4.38. The van der Waals surface area contributed by atoms with Crippen molar-refractivity contribution in [3.63, 3.8) is 0 Å². The molecule has 16 heavy (non-hydrogen) atoms. The normalized spacial score (nSPS) is 25.4. The van der Waals surface area contributed by atoms with Crippen molar-refractivity contribution in [3.05, 3.63) is 35.4 Å². The van der Waals surface area contributed by atoms with Gasteiger partial charge in [0.15, 0.2) is 5.78 Å². The van der Waals surface area contributed by atoms with E-state index >= 15 is 0 Å². The van der Waals surface area contributed by atoms with Gasteiger partial charge < -0.3 is 5.32 Å². The average molecular weight is 217 g/mol.